The summed E-state index contributed by atoms with van der Waals surface area (Å²) in [7, 11) is 0. The Labute approximate surface area is 130 Å². The van der Waals surface area contributed by atoms with Crippen molar-refractivity contribution in [2.75, 3.05) is 13.1 Å². The molecule has 0 heterocycles. The summed E-state index contributed by atoms with van der Waals surface area (Å²) in [4.78, 5) is 2.67. The van der Waals surface area contributed by atoms with Crippen molar-refractivity contribution in [2.45, 2.75) is 65.0 Å². The van der Waals surface area contributed by atoms with Crippen LogP contribution in [0.15, 0.2) is 24.3 Å². The van der Waals surface area contributed by atoms with Crippen molar-refractivity contribution in [3.63, 3.8) is 0 Å². The Hall–Kier alpha value is -0.860. The van der Waals surface area contributed by atoms with Gasteiger partial charge in [0, 0.05) is 12.1 Å². The average molecular weight is 288 g/mol. The first kappa shape index (κ1) is 16.5. The maximum atomic E-state index is 5.98. The Morgan fingerprint density at radius 2 is 1.90 bits per heavy atom. The van der Waals surface area contributed by atoms with Crippen LogP contribution in [-0.2, 0) is 6.42 Å². The molecule has 1 aliphatic rings. The van der Waals surface area contributed by atoms with Gasteiger partial charge in [0.25, 0.3) is 0 Å². The van der Waals surface area contributed by atoms with Crippen molar-refractivity contribution in [2.24, 2.45) is 11.7 Å². The van der Waals surface area contributed by atoms with E-state index in [2.05, 4.69) is 49.9 Å². The number of benzene rings is 1. The Bertz CT molecular complexity index is 412. The first-order chi connectivity index (χ1) is 10.2. The third kappa shape index (κ3) is 3.87. The van der Waals surface area contributed by atoms with Gasteiger partial charge >= 0.3 is 0 Å². The lowest BCUT2D eigenvalue weighted by Gasteiger charge is -2.37. The molecule has 2 rings (SSSR count). The van der Waals surface area contributed by atoms with Gasteiger partial charge in [0.1, 0.15) is 0 Å². The van der Waals surface area contributed by atoms with Crippen molar-refractivity contribution < 1.29 is 0 Å². The number of hydrogen-bond acceptors (Lipinski definition) is 2. The van der Waals surface area contributed by atoms with Gasteiger partial charge < -0.3 is 5.73 Å². The molecule has 3 atom stereocenters. The van der Waals surface area contributed by atoms with Crippen molar-refractivity contribution in [1.82, 2.24) is 4.90 Å². The summed E-state index contributed by atoms with van der Waals surface area (Å²) in [6.45, 7) is 8.82. The zero-order valence-corrected chi connectivity index (χ0v) is 14.0. The van der Waals surface area contributed by atoms with Crippen molar-refractivity contribution in [1.29, 1.82) is 0 Å². The van der Waals surface area contributed by atoms with E-state index < -0.39 is 0 Å². The molecule has 1 aromatic rings. The standard InChI is InChI=1S/C19H32N2/c1-4-7-16-10-12-17(13-11-16)15(3)21(5-2)19-9-6-8-18(19)14-20/h10-13,15,18-19H,4-9,14,20H2,1-3H3. The molecule has 118 valence electrons. The number of hydrogen-bond donors (Lipinski definition) is 1. The molecule has 1 aliphatic carbocycles. The number of rotatable bonds is 7. The largest absolute Gasteiger partial charge is 0.330 e. The molecule has 0 amide bonds. The topological polar surface area (TPSA) is 29.3 Å². The monoisotopic (exact) mass is 288 g/mol. The lowest BCUT2D eigenvalue weighted by Crippen LogP contribution is -2.41. The second-order valence-corrected chi connectivity index (χ2v) is 6.49. The molecule has 0 aromatic heterocycles. The maximum absolute atomic E-state index is 5.98. The van der Waals surface area contributed by atoms with Crippen molar-refractivity contribution in [3.8, 4) is 0 Å². The molecule has 0 bridgehead atoms. The van der Waals surface area contributed by atoms with Crippen LogP contribution >= 0.6 is 0 Å². The molecular formula is C19H32N2. The third-order valence-electron chi connectivity index (χ3n) is 5.21. The summed E-state index contributed by atoms with van der Waals surface area (Å²) in [6.07, 6.45) is 6.36. The van der Waals surface area contributed by atoms with Crippen LogP contribution in [0, 0.1) is 5.92 Å². The molecule has 1 saturated carbocycles. The van der Waals surface area contributed by atoms with Crippen LogP contribution in [0.25, 0.3) is 0 Å². The van der Waals surface area contributed by atoms with Crippen LogP contribution in [0.4, 0.5) is 0 Å². The normalized spacial score (nSPS) is 23.7. The van der Waals surface area contributed by atoms with E-state index in [0.29, 0.717) is 18.0 Å². The second-order valence-electron chi connectivity index (χ2n) is 6.49. The highest BCUT2D eigenvalue weighted by molar-refractivity contribution is 5.25. The average Bonchev–Trinajstić information content (AvgIpc) is 2.97. The fraction of sp³-hybridized carbons (Fsp3) is 0.684. The summed E-state index contributed by atoms with van der Waals surface area (Å²) < 4.78 is 0. The smallest absolute Gasteiger partial charge is 0.0322 e. The zero-order valence-electron chi connectivity index (χ0n) is 14.0. The SMILES string of the molecule is CCCc1ccc(C(C)N(CC)C2CCCC2CN)cc1. The van der Waals surface area contributed by atoms with Gasteiger partial charge in [0.15, 0.2) is 0 Å². The molecule has 0 spiro atoms. The van der Waals surface area contributed by atoms with Crippen molar-refractivity contribution in [3.05, 3.63) is 35.4 Å². The van der Waals surface area contributed by atoms with Gasteiger partial charge in [-0.1, -0.05) is 51.0 Å². The van der Waals surface area contributed by atoms with E-state index in [-0.39, 0.29) is 0 Å². The minimum atomic E-state index is 0.489. The highest BCUT2D eigenvalue weighted by Gasteiger charge is 2.33. The van der Waals surface area contributed by atoms with Gasteiger partial charge in [0.2, 0.25) is 0 Å². The van der Waals surface area contributed by atoms with Crippen molar-refractivity contribution >= 4 is 0 Å². The van der Waals surface area contributed by atoms with E-state index in [9.17, 15) is 0 Å². The minimum absolute atomic E-state index is 0.489. The number of nitrogens with two attached hydrogens (primary N) is 1. The van der Waals surface area contributed by atoms with E-state index in [1.165, 1.54) is 43.2 Å². The molecule has 1 aromatic carbocycles. The first-order valence-electron chi connectivity index (χ1n) is 8.75. The predicted octanol–water partition coefficient (Wildman–Crippen LogP) is 4.15. The van der Waals surface area contributed by atoms with Gasteiger partial charge in [0.05, 0.1) is 0 Å². The Balaban J connectivity index is 2.10. The minimum Gasteiger partial charge on any atom is -0.330 e. The van der Waals surface area contributed by atoms with Crippen LogP contribution in [-0.4, -0.2) is 24.0 Å². The number of aryl methyl sites for hydroxylation is 1. The molecule has 2 N–H and O–H groups in total. The van der Waals surface area contributed by atoms with Gasteiger partial charge in [-0.15, -0.1) is 0 Å². The number of nitrogens with zero attached hydrogens (tertiary/aromatic N) is 1. The van der Waals surface area contributed by atoms with E-state index in [1.807, 2.05) is 0 Å². The summed E-state index contributed by atoms with van der Waals surface area (Å²) in [5, 5.41) is 0. The molecular weight excluding hydrogens is 256 g/mol. The lowest BCUT2D eigenvalue weighted by atomic mass is 9.97. The predicted molar refractivity (Wildman–Crippen MR) is 91.4 cm³/mol. The zero-order chi connectivity index (χ0) is 15.2. The van der Waals surface area contributed by atoms with Gasteiger partial charge in [-0.25, -0.2) is 0 Å². The fourth-order valence-electron chi connectivity index (χ4n) is 3.97. The summed E-state index contributed by atoms with van der Waals surface area (Å²) in [6, 6.07) is 10.4. The van der Waals surface area contributed by atoms with E-state index in [1.54, 1.807) is 0 Å². The van der Waals surface area contributed by atoms with Gasteiger partial charge in [-0.05, 0) is 56.3 Å². The van der Waals surface area contributed by atoms with Gasteiger partial charge in [-0.2, -0.15) is 0 Å². The van der Waals surface area contributed by atoms with Crippen LogP contribution in [0.5, 0.6) is 0 Å². The molecule has 3 unspecified atom stereocenters. The Kier molecular flexibility index (Phi) is 6.25. The summed E-state index contributed by atoms with van der Waals surface area (Å²) in [5.74, 6) is 0.687. The molecule has 2 heteroatoms. The molecule has 2 nitrogen and oxygen atoms in total. The molecule has 0 radical (unpaired) electrons. The summed E-state index contributed by atoms with van der Waals surface area (Å²) in [5.41, 5.74) is 8.88. The molecule has 0 saturated heterocycles. The first-order valence-corrected chi connectivity index (χ1v) is 8.75. The Morgan fingerprint density at radius 1 is 1.19 bits per heavy atom. The molecule has 0 aliphatic heterocycles. The maximum Gasteiger partial charge on any atom is 0.0322 e. The van der Waals surface area contributed by atoms with Crippen LogP contribution in [0.2, 0.25) is 0 Å². The van der Waals surface area contributed by atoms with Gasteiger partial charge in [-0.3, -0.25) is 4.90 Å². The van der Waals surface area contributed by atoms with E-state index >= 15 is 0 Å². The van der Waals surface area contributed by atoms with E-state index in [0.717, 1.165) is 13.1 Å². The molecule has 21 heavy (non-hydrogen) atoms. The fourth-order valence-corrected chi connectivity index (χ4v) is 3.97. The van der Waals surface area contributed by atoms with Crippen LogP contribution < -0.4 is 5.73 Å². The Morgan fingerprint density at radius 3 is 2.48 bits per heavy atom. The highest BCUT2D eigenvalue weighted by Crippen LogP contribution is 2.34. The highest BCUT2D eigenvalue weighted by atomic mass is 15.2. The van der Waals surface area contributed by atoms with Crippen LogP contribution in [0.3, 0.4) is 0 Å². The quantitative estimate of drug-likeness (QED) is 0.816. The third-order valence-corrected chi connectivity index (χ3v) is 5.21. The summed E-state index contributed by atoms with van der Waals surface area (Å²) >= 11 is 0. The van der Waals surface area contributed by atoms with Crippen LogP contribution in [0.1, 0.15) is 63.6 Å². The molecule has 1 fully saturated rings. The second kappa shape index (κ2) is 7.95. The lowest BCUT2D eigenvalue weighted by molar-refractivity contribution is 0.123. The van der Waals surface area contributed by atoms with E-state index in [4.69, 9.17) is 5.73 Å².